The molecule has 1 aromatic heterocycles. The van der Waals surface area contributed by atoms with Gasteiger partial charge in [0.25, 0.3) is 5.91 Å². The minimum Gasteiger partial charge on any atom is -0.494 e. The van der Waals surface area contributed by atoms with Gasteiger partial charge in [0.1, 0.15) is 5.75 Å². The molecule has 24 heavy (non-hydrogen) atoms. The summed E-state index contributed by atoms with van der Waals surface area (Å²) in [7, 11) is 1.51. The molecule has 0 aliphatic carbocycles. The lowest BCUT2D eigenvalue weighted by Crippen LogP contribution is -2.37. The predicted molar refractivity (Wildman–Crippen MR) is 90.8 cm³/mol. The molecule has 1 aliphatic rings. The van der Waals surface area contributed by atoms with Crippen molar-refractivity contribution in [2.75, 3.05) is 25.2 Å². The second-order valence-electron chi connectivity index (χ2n) is 5.66. The summed E-state index contributed by atoms with van der Waals surface area (Å²) in [6.45, 7) is 3.44. The van der Waals surface area contributed by atoms with E-state index < -0.39 is 0 Å². The van der Waals surface area contributed by atoms with E-state index in [0.29, 0.717) is 24.4 Å². The molecule has 6 nitrogen and oxygen atoms in total. The second-order valence-corrected chi connectivity index (χ2v) is 5.66. The Morgan fingerprint density at radius 1 is 1.25 bits per heavy atom. The van der Waals surface area contributed by atoms with Gasteiger partial charge < -0.3 is 14.4 Å². The third-order valence-electron chi connectivity index (χ3n) is 4.03. The number of amides is 1. The molecule has 126 valence electrons. The molecule has 0 saturated heterocycles. The standard InChI is InChI=1S/C18H21N3O3/c1-3-4-9-24-15-5-6-16-13(10-15)7-8-21(17(16)22)14-11-19-18(23-2)20-12-14/h5-6,10-12H,3-4,7-9H2,1-2H3. The van der Waals surface area contributed by atoms with Crippen molar-refractivity contribution in [3.05, 3.63) is 41.7 Å². The fraction of sp³-hybridized carbons (Fsp3) is 0.389. The van der Waals surface area contributed by atoms with Crippen LogP contribution in [-0.2, 0) is 6.42 Å². The Balaban J connectivity index is 1.77. The molecule has 2 heterocycles. The molecule has 0 unspecified atom stereocenters. The largest absolute Gasteiger partial charge is 0.494 e. The number of ether oxygens (including phenoxy) is 2. The van der Waals surface area contributed by atoms with Crippen LogP contribution in [0.5, 0.6) is 11.8 Å². The van der Waals surface area contributed by atoms with E-state index in [1.165, 1.54) is 7.11 Å². The lowest BCUT2D eigenvalue weighted by Gasteiger charge is -2.28. The lowest BCUT2D eigenvalue weighted by molar-refractivity contribution is 0.0980. The lowest BCUT2D eigenvalue weighted by atomic mass is 9.98. The molecule has 0 atom stereocenters. The summed E-state index contributed by atoms with van der Waals surface area (Å²) < 4.78 is 10.7. The second kappa shape index (κ2) is 7.29. The topological polar surface area (TPSA) is 64.6 Å². The molecule has 1 amide bonds. The molecular formula is C18H21N3O3. The average molecular weight is 327 g/mol. The van der Waals surface area contributed by atoms with E-state index in [2.05, 4.69) is 16.9 Å². The fourth-order valence-electron chi connectivity index (χ4n) is 2.69. The number of anilines is 1. The summed E-state index contributed by atoms with van der Waals surface area (Å²) in [6, 6.07) is 5.97. The molecule has 2 aromatic rings. The van der Waals surface area contributed by atoms with E-state index in [1.54, 1.807) is 17.3 Å². The molecule has 0 bridgehead atoms. The van der Waals surface area contributed by atoms with Crippen molar-refractivity contribution < 1.29 is 14.3 Å². The number of nitrogens with zero attached hydrogens (tertiary/aromatic N) is 3. The third-order valence-corrected chi connectivity index (χ3v) is 4.03. The maximum atomic E-state index is 12.7. The van der Waals surface area contributed by atoms with Gasteiger partial charge in [-0.15, -0.1) is 0 Å². The number of benzene rings is 1. The summed E-state index contributed by atoms with van der Waals surface area (Å²) in [5.41, 5.74) is 2.41. The Morgan fingerprint density at radius 2 is 2.04 bits per heavy atom. The zero-order valence-corrected chi connectivity index (χ0v) is 14.0. The Kier molecular flexibility index (Phi) is 4.93. The van der Waals surface area contributed by atoms with Crippen LogP contribution in [0, 0.1) is 0 Å². The highest BCUT2D eigenvalue weighted by molar-refractivity contribution is 6.08. The molecule has 1 aliphatic heterocycles. The predicted octanol–water partition coefficient (Wildman–Crippen LogP) is 2.87. The van der Waals surface area contributed by atoms with Crippen molar-refractivity contribution in [1.82, 2.24) is 9.97 Å². The van der Waals surface area contributed by atoms with Crippen LogP contribution in [-0.4, -0.2) is 36.1 Å². The minimum atomic E-state index is -0.0369. The van der Waals surface area contributed by atoms with Crippen LogP contribution in [0.15, 0.2) is 30.6 Å². The van der Waals surface area contributed by atoms with E-state index in [4.69, 9.17) is 9.47 Å². The SMILES string of the molecule is CCCCOc1ccc2c(c1)CCN(c1cnc(OC)nc1)C2=O. The first-order chi connectivity index (χ1) is 11.7. The van der Waals surface area contributed by atoms with E-state index in [-0.39, 0.29) is 11.9 Å². The van der Waals surface area contributed by atoms with Crippen molar-refractivity contribution >= 4 is 11.6 Å². The van der Waals surface area contributed by atoms with Crippen molar-refractivity contribution in [2.45, 2.75) is 26.2 Å². The van der Waals surface area contributed by atoms with Gasteiger partial charge in [0.2, 0.25) is 0 Å². The molecule has 1 aromatic carbocycles. The highest BCUT2D eigenvalue weighted by atomic mass is 16.5. The van der Waals surface area contributed by atoms with Crippen LogP contribution in [0.25, 0.3) is 0 Å². The first-order valence-electron chi connectivity index (χ1n) is 8.16. The van der Waals surface area contributed by atoms with Crippen molar-refractivity contribution in [2.24, 2.45) is 0 Å². The van der Waals surface area contributed by atoms with Gasteiger partial charge in [0.15, 0.2) is 0 Å². The molecule has 6 heteroatoms. The van der Waals surface area contributed by atoms with Gasteiger partial charge >= 0.3 is 6.01 Å². The number of fused-ring (bicyclic) bond motifs is 1. The highest BCUT2D eigenvalue weighted by Crippen LogP contribution is 2.27. The van der Waals surface area contributed by atoms with Gasteiger partial charge in [-0.2, -0.15) is 0 Å². The van der Waals surface area contributed by atoms with E-state index >= 15 is 0 Å². The van der Waals surface area contributed by atoms with Gasteiger partial charge in [-0.05, 0) is 36.6 Å². The molecule has 0 saturated carbocycles. The Morgan fingerprint density at radius 3 is 2.75 bits per heavy atom. The first kappa shape index (κ1) is 16.2. The smallest absolute Gasteiger partial charge is 0.316 e. The Bertz CT molecular complexity index is 716. The van der Waals surface area contributed by atoms with E-state index in [0.717, 1.165) is 30.6 Å². The van der Waals surface area contributed by atoms with Crippen LogP contribution >= 0.6 is 0 Å². The molecular weight excluding hydrogens is 306 g/mol. The Hall–Kier alpha value is -2.63. The monoisotopic (exact) mass is 327 g/mol. The first-order valence-corrected chi connectivity index (χ1v) is 8.16. The van der Waals surface area contributed by atoms with E-state index in [1.807, 2.05) is 18.2 Å². The van der Waals surface area contributed by atoms with Gasteiger partial charge in [0, 0.05) is 12.1 Å². The molecule has 0 N–H and O–H groups in total. The summed E-state index contributed by atoms with van der Waals surface area (Å²) in [6.07, 6.45) is 6.12. The van der Waals surface area contributed by atoms with Crippen LogP contribution < -0.4 is 14.4 Å². The maximum Gasteiger partial charge on any atom is 0.316 e. The van der Waals surface area contributed by atoms with Gasteiger partial charge in [-0.1, -0.05) is 13.3 Å². The van der Waals surface area contributed by atoms with Crippen LogP contribution in [0.1, 0.15) is 35.7 Å². The van der Waals surface area contributed by atoms with Crippen LogP contribution in [0.3, 0.4) is 0 Å². The number of hydrogen-bond acceptors (Lipinski definition) is 5. The van der Waals surface area contributed by atoms with Crippen LogP contribution in [0.4, 0.5) is 5.69 Å². The highest BCUT2D eigenvalue weighted by Gasteiger charge is 2.26. The maximum absolute atomic E-state index is 12.7. The fourth-order valence-corrected chi connectivity index (χ4v) is 2.69. The van der Waals surface area contributed by atoms with E-state index in [9.17, 15) is 4.79 Å². The number of hydrogen-bond donors (Lipinski definition) is 0. The normalized spacial score (nSPS) is 13.6. The number of carbonyl (C=O) groups excluding carboxylic acids is 1. The summed E-state index contributed by atoms with van der Waals surface area (Å²) in [5.74, 6) is 0.793. The molecule has 0 spiro atoms. The number of unbranched alkanes of at least 4 members (excludes halogenated alkanes) is 1. The van der Waals surface area contributed by atoms with Gasteiger partial charge in [-0.25, -0.2) is 9.97 Å². The number of carbonyl (C=O) groups is 1. The molecule has 0 radical (unpaired) electrons. The van der Waals surface area contributed by atoms with Gasteiger partial charge in [0.05, 0.1) is 31.8 Å². The average Bonchev–Trinajstić information content (AvgIpc) is 2.62. The number of methoxy groups -OCH3 is 1. The van der Waals surface area contributed by atoms with Crippen molar-refractivity contribution in [3.8, 4) is 11.8 Å². The zero-order valence-electron chi connectivity index (χ0n) is 14.0. The Labute approximate surface area is 141 Å². The van der Waals surface area contributed by atoms with Crippen LogP contribution in [0.2, 0.25) is 0 Å². The zero-order chi connectivity index (χ0) is 16.9. The van der Waals surface area contributed by atoms with Crippen molar-refractivity contribution in [3.63, 3.8) is 0 Å². The number of rotatable bonds is 6. The van der Waals surface area contributed by atoms with Crippen molar-refractivity contribution in [1.29, 1.82) is 0 Å². The summed E-state index contributed by atoms with van der Waals surface area (Å²) in [5, 5.41) is 0. The quantitative estimate of drug-likeness (QED) is 0.763. The third kappa shape index (κ3) is 3.32. The number of aromatic nitrogens is 2. The molecule has 0 fully saturated rings. The molecule has 3 rings (SSSR count). The summed E-state index contributed by atoms with van der Waals surface area (Å²) in [4.78, 5) is 22.6. The van der Waals surface area contributed by atoms with Gasteiger partial charge in [-0.3, -0.25) is 4.79 Å². The summed E-state index contributed by atoms with van der Waals surface area (Å²) >= 11 is 0. The minimum absolute atomic E-state index is 0.0369.